The molecule has 9 heteroatoms. The monoisotopic (exact) mass is 405 g/mol. The van der Waals surface area contributed by atoms with Crippen molar-refractivity contribution >= 4 is 29.2 Å². The summed E-state index contributed by atoms with van der Waals surface area (Å²) in [6, 6.07) is 11.4. The van der Waals surface area contributed by atoms with E-state index in [-0.39, 0.29) is 12.2 Å². The van der Waals surface area contributed by atoms with E-state index < -0.39 is 22.9 Å². The van der Waals surface area contributed by atoms with E-state index in [9.17, 15) is 19.5 Å². The molecule has 0 bridgehead atoms. The van der Waals surface area contributed by atoms with Crippen molar-refractivity contribution in [3.63, 3.8) is 0 Å². The average molecular weight is 406 g/mol. The summed E-state index contributed by atoms with van der Waals surface area (Å²) in [7, 11) is 0. The van der Waals surface area contributed by atoms with Crippen LogP contribution in [-0.4, -0.2) is 25.4 Å². The minimum absolute atomic E-state index is 0.195. The van der Waals surface area contributed by atoms with Crippen LogP contribution < -0.4 is 11.2 Å². The molecule has 0 saturated carbocycles. The van der Waals surface area contributed by atoms with Gasteiger partial charge in [0.25, 0.3) is 5.56 Å². The van der Waals surface area contributed by atoms with Gasteiger partial charge in [0.1, 0.15) is 0 Å². The fraction of sp³-hybridized carbons (Fsp3) is 0.111. The molecule has 0 aliphatic rings. The zero-order valence-electron chi connectivity index (χ0n) is 14.0. The van der Waals surface area contributed by atoms with Crippen LogP contribution in [0.5, 0.6) is 0 Å². The smallest absolute Gasteiger partial charge is 0.362 e. The molecule has 3 aromatic rings. The molecule has 2 aromatic carbocycles. The van der Waals surface area contributed by atoms with Crippen molar-refractivity contribution in [2.24, 2.45) is 0 Å². The van der Waals surface area contributed by atoms with Crippen LogP contribution in [0, 0.1) is 6.92 Å². The molecule has 0 amide bonds. The van der Waals surface area contributed by atoms with Crippen molar-refractivity contribution in [3.05, 3.63) is 90.2 Å². The summed E-state index contributed by atoms with van der Waals surface area (Å²) in [6.07, 6.45) is 0. The lowest BCUT2D eigenvalue weighted by Gasteiger charge is -2.12. The molecule has 27 heavy (non-hydrogen) atoms. The number of aromatic nitrogens is 3. The quantitative estimate of drug-likeness (QED) is 0.719. The van der Waals surface area contributed by atoms with Crippen LogP contribution in [0.15, 0.2) is 52.1 Å². The summed E-state index contributed by atoms with van der Waals surface area (Å²) >= 11 is 12.2. The first-order valence-corrected chi connectivity index (χ1v) is 8.52. The number of benzene rings is 2. The molecule has 138 valence electrons. The van der Waals surface area contributed by atoms with Crippen molar-refractivity contribution < 1.29 is 9.90 Å². The normalized spacial score (nSPS) is 10.8. The van der Waals surface area contributed by atoms with Crippen LogP contribution in [0.3, 0.4) is 0 Å². The highest BCUT2D eigenvalue weighted by atomic mass is 35.5. The van der Waals surface area contributed by atoms with Crippen LogP contribution >= 0.6 is 23.2 Å². The standard InChI is InChI=1S/C18H13Cl2N3O4/c1-10-6-7-12(8-14(10)20)23-18(27)22(16(24)15(21-23)17(25)26)9-11-4-2-3-5-13(11)19/h2-8H,9H2,1H3,(H,25,26). The van der Waals surface area contributed by atoms with Gasteiger partial charge in [0.15, 0.2) is 0 Å². The average Bonchev–Trinajstić information content (AvgIpc) is 2.62. The molecule has 0 aliphatic carbocycles. The largest absolute Gasteiger partial charge is 0.476 e. The number of aryl methyl sites for hydroxylation is 1. The molecule has 0 radical (unpaired) electrons. The van der Waals surface area contributed by atoms with Gasteiger partial charge >= 0.3 is 11.7 Å². The number of hydrogen-bond acceptors (Lipinski definition) is 4. The number of rotatable bonds is 4. The first kappa shape index (κ1) is 18.9. The Morgan fingerprint density at radius 2 is 1.81 bits per heavy atom. The first-order chi connectivity index (χ1) is 12.8. The van der Waals surface area contributed by atoms with Gasteiger partial charge < -0.3 is 5.11 Å². The lowest BCUT2D eigenvalue weighted by Crippen LogP contribution is -2.44. The van der Waals surface area contributed by atoms with Crippen LogP contribution in [0.25, 0.3) is 5.69 Å². The number of hydrogen-bond donors (Lipinski definition) is 1. The third-order valence-electron chi connectivity index (χ3n) is 3.95. The second-order valence-corrected chi connectivity index (χ2v) is 6.58. The number of carboxylic acid groups (broad SMARTS) is 1. The van der Waals surface area contributed by atoms with E-state index in [1.54, 1.807) is 43.3 Å². The van der Waals surface area contributed by atoms with E-state index in [0.29, 0.717) is 15.6 Å². The summed E-state index contributed by atoms with van der Waals surface area (Å²) in [5.74, 6) is -1.54. The van der Waals surface area contributed by atoms with Crippen LogP contribution in [0.4, 0.5) is 0 Å². The molecule has 1 N–H and O–H groups in total. The Kier molecular flexibility index (Phi) is 5.16. The van der Waals surface area contributed by atoms with Crippen LogP contribution in [-0.2, 0) is 6.54 Å². The van der Waals surface area contributed by atoms with Crippen LogP contribution in [0.2, 0.25) is 10.0 Å². The number of carboxylic acids is 1. The summed E-state index contributed by atoms with van der Waals surface area (Å²) < 4.78 is 1.62. The van der Waals surface area contributed by atoms with Gasteiger partial charge in [-0.2, -0.15) is 9.78 Å². The fourth-order valence-corrected chi connectivity index (χ4v) is 2.84. The Hall–Kier alpha value is -2.90. The first-order valence-electron chi connectivity index (χ1n) is 7.77. The summed E-state index contributed by atoms with van der Waals surface area (Å²) in [5.41, 5.74) is -1.08. The van der Waals surface area contributed by atoms with Crippen LogP contribution in [0.1, 0.15) is 21.6 Å². The third kappa shape index (κ3) is 3.65. The molecule has 0 aliphatic heterocycles. The van der Waals surface area contributed by atoms with Gasteiger partial charge in [-0.3, -0.25) is 9.36 Å². The molecular weight excluding hydrogens is 393 g/mol. The molecule has 0 unspecified atom stereocenters. The highest BCUT2D eigenvalue weighted by Gasteiger charge is 2.20. The van der Waals surface area contributed by atoms with E-state index in [1.165, 1.54) is 6.07 Å². The summed E-state index contributed by atoms with van der Waals surface area (Å²) in [5, 5.41) is 13.8. The SMILES string of the molecule is Cc1ccc(-n2nc(C(=O)O)c(=O)n(Cc3ccccc3Cl)c2=O)cc1Cl. The van der Waals surface area contributed by atoms with Gasteiger partial charge in [0.2, 0.25) is 5.69 Å². The van der Waals surface area contributed by atoms with Gasteiger partial charge in [-0.05, 0) is 36.2 Å². The minimum Gasteiger partial charge on any atom is -0.476 e. The third-order valence-corrected chi connectivity index (χ3v) is 4.72. The van der Waals surface area contributed by atoms with E-state index in [1.807, 2.05) is 0 Å². The lowest BCUT2D eigenvalue weighted by atomic mass is 10.2. The molecule has 0 saturated heterocycles. The Bertz CT molecular complexity index is 1170. The highest BCUT2D eigenvalue weighted by Crippen LogP contribution is 2.18. The van der Waals surface area contributed by atoms with Crippen molar-refractivity contribution in [1.29, 1.82) is 0 Å². The number of halogens is 2. The molecule has 1 heterocycles. The molecule has 1 aromatic heterocycles. The maximum absolute atomic E-state index is 12.9. The zero-order chi connectivity index (χ0) is 19.7. The van der Waals surface area contributed by atoms with Gasteiger partial charge in [-0.25, -0.2) is 9.59 Å². The molecule has 3 rings (SSSR count). The number of aromatic carboxylic acids is 1. The fourth-order valence-electron chi connectivity index (χ4n) is 2.47. The second-order valence-electron chi connectivity index (χ2n) is 5.76. The second kappa shape index (κ2) is 7.38. The molecule has 0 atom stereocenters. The zero-order valence-corrected chi connectivity index (χ0v) is 15.5. The highest BCUT2D eigenvalue weighted by molar-refractivity contribution is 6.31. The molecule has 0 spiro atoms. The van der Waals surface area contributed by atoms with Crippen molar-refractivity contribution in [2.45, 2.75) is 13.5 Å². The number of nitrogens with zero attached hydrogens (tertiary/aromatic N) is 3. The molecule has 7 nitrogen and oxygen atoms in total. The van der Waals surface area contributed by atoms with Gasteiger partial charge in [0.05, 0.1) is 12.2 Å². The predicted molar refractivity (Wildman–Crippen MR) is 101 cm³/mol. The number of carbonyl (C=O) groups is 1. The topological polar surface area (TPSA) is 94.2 Å². The van der Waals surface area contributed by atoms with Gasteiger partial charge in [-0.15, -0.1) is 0 Å². The Labute approximate surface area is 163 Å². The summed E-state index contributed by atoms with van der Waals surface area (Å²) in [6.45, 7) is 1.59. The van der Waals surface area contributed by atoms with Gasteiger partial charge in [-0.1, -0.05) is 47.5 Å². The van der Waals surface area contributed by atoms with Crippen molar-refractivity contribution in [1.82, 2.24) is 14.3 Å². The van der Waals surface area contributed by atoms with E-state index in [2.05, 4.69) is 5.10 Å². The van der Waals surface area contributed by atoms with Crippen molar-refractivity contribution in [3.8, 4) is 5.69 Å². The van der Waals surface area contributed by atoms with E-state index in [0.717, 1.165) is 14.8 Å². The minimum atomic E-state index is -1.54. The molecule has 0 fully saturated rings. The Balaban J connectivity index is 2.27. The Morgan fingerprint density at radius 1 is 1.11 bits per heavy atom. The molecular formula is C18H13Cl2N3O4. The van der Waals surface area contributed by atoms with E-state index in [4.69, 9.17) is 23.2 Å². The van der Waals surface area contributed by atoms with Crippen molar-refractivity contribution in [2.75, 3.05) is 0 Å². The predicted octanol–water partition coefficient (Wildman–Crippen LogP) is 2.76. The summed E-state index contributed by atoms with van der Waals surface area (Å²) in [4.78, 5) is 36.8. The van der Waals surface area contributed by atoms with E-state index >= 15 is 0 Å². The van der Waals surface area contributed by atoms with Gasteiger partial charge in [0, 0.05) is 10.0 Å². The Morgan fingerprint density at radius 3 is 2.44 bits per heavy atom. The lowest BCUT2D eigenvalue weighted by molar-refractivity contribution is 0.0684. The maximum Gasteiger partial charge on any atom is 0.362 e. The maximum atomic E-state index is 12.9.